The highest BCUT2D eigenvalue weighted by atomic mass is 16.5. The summed E-state index contributed by atoms with van der Waals surface area (Å²) in [7, 11) is 0. The summed E-state index contributed by atoms with van der Waals surface area (Å²) in [5, 5.41) is 1.87. The van der Waals surface area contributed by atoms with Crippen molar-refractivity contribution in [2.45, 2.75) is 58.0 Å². The second-order valence-electron chi connectivity index (χ2n) is 14.3. The molecule has 4 heteroatoms. The fourth-order valence-electron chi connectivity index (χ4n) is 7.97. The predicted molar refractivity (Wildman–Crippen MR) is 219 cm³/mol. The maximum Gasteiger partial charge on any atom is 0.338 e. The zero-order chi connectivity index (χ0) is 36.2. The number of unbranched alkanes of at least 4 members (excludes halogenated alkanes) is 2. The molecular formula is C49H47NO3. The zero-order valence-corrected chi connectivity index (χ0v) is 30.8. The van der Waals surface area contributed by atoms with Crippen LogP contribution in [-0.4, -0.2) is 25.7 Å². The first-order valence-electron chi connectivity index (χ1n) is 19.3. The summed E-state index contributed by atoms with van der Waals surface area (Å²) in [5.41, 5.74) is 9.64. The SMILES string of the molecule is CCCCCc1ccc(-c2ccc(-c3ccc4c5c(c(C(=O)OCC)cc4c3)C=CC(c3ccccc3)(c3ccc(N4CCCC4)cc3)O5)cc2)cc1. The molecule has 2 heterocycles. The Balaban J connectivity index is 1.17. The molecule has 0 saturated carbocycles. The maximum atomic E-state index is 13.5. The molecule has 1 fully saturated rings. The minimum atomic E-state index is -0.889. The van der Waals surface area contributed by atoms with Crippen LogP contribution in [0.5, 0.6) is 5.75 Å². The van der Waals surface area contributed by atoms with E-state index < -0.39 is 5.60 Å². The molecular weight excluding hydrogens is 651 g/mol. The summed E-state index contributed by atoms with van der Waals surface area (Å²) in [6.07, 6.45) is 11.5. The van der Waals surface area contributed by atoms with Crippen LogP contribution in [0.1, 0.15) is 78.6 Å². The third kappa shape index (κ3) is 6.87. The van der Waals surface area contributed by atoms with Gasteiger partial charge >= 0.3 is 5.97 Å². The average molecular weight is 698 g/mol. The number of fused-ring (bicyclic) bond motifs is 3. The van der Waals surface area contributed by atoms with E-state index in [1.807, 2.05) is 19.1 Å². The van der Waals surface area contributed by atoms with Crippen molar-refractivity contribution >= 4 is 28.5 Å². The van der Waals surface area contributed by atoms with Crippen LogP contribution in [-0.2, 0) is 16.8 Å². The lowest BCUT2D eigenvalue weighted by Gasteiger charge is -2.37. The molecule has 0 amide bonds. The molecule has 2 aliphatic rings. The molecule has 0 bridgehead atoms. The number of carbonyl (C=O) groups is 1. The molecule has 1 atom stereocenters. The van der Waals surface area contributed by atoms with Gasteiger partial charge in [0.05, 0.1) is 12.2 Å². The Kier molecular flexibility index (Phi) is 9.86. The number of anilines is 1. The monoisotopic (exact) mass is 697 g/mol. The van der Waals surface area contributed by atoms with Crippen LogP contribution in [0.4, 0.5) is 5.69 Å². The minimum Gasteiger partial charge on any atom is -0.472 e. The van der Waals surface area contributed by atoms with Crippen molar-refractivity contribution in [1.29, 1.82) is 0 Å². The van der Waals surface area contributed by atoms with Crippen LogP contribution >= 0.6 is 0 Å². The summed E-state index contributed by atoms with van der Waals surface area (Å²) in [6.45, 7) is 6.56. The Morgan fingerprint density at radius 2 is 1.36 bits per heavy atom. The van der Waals surface area contributed by atoms with Crippen LogP contribution in [0.15, 0.2) is 133 Å². The van der Waals surface area contributed by atoms with Gasteiger partial charge in [-0.05, 0) is 102 Å². The van der Waals surface area contributed by atoms with E-state index in [1.165, 1.54) is 54.5 Å². The van der Waals surface area contributed by atoms with Crippen LogP contribution in [0.2, 0.25) is 0 Å². The van der Waals surface area contributed by atoms with Gasteiger partial charge in [-0.15, -0.1) is 0 Å². The summed E-state index contributed by atoms with van der Waals surface area (Å²) in [5.74, 6) is 0.327. The van der Waals surface area contributed by atoms with E-state index in [4.69, 9.17) is 9.47 Å². The van der Waals surface area contributed by atoms with Crippen LogP contribution in [0.3, 0.4) is 0 Å². The highest BCUT2D eigenvalue weighted by Crippen LogP contribution is 2.47. The lowest BCUT2D eigenvalue weighted by molar-refractivity contribution is 0.0524. The number of esters is 1. The van der Waals surface area contributed by atoms with Gasteiger partial charge in [0.2, 0.25) is 0 Å². The summed E-state index contributed by atoms with van der Waals surface area (Å²) in [4.78, 5) is 16.0. The number of carbonyl (C=O) groups excluding carboxylic acids is 1. The Labute approximate surface area is 313 Å². The van der Waals surface area contributed by atoms with E-state index in [9.17, 15) is 4.79 Å². The van der Waals surface area contributed by atoms with Gasteiger partial charge in [0.1, 0.15) is 5.75 Å². The highest BCUT2D eigenvalue weighted by molar-refractivity contribution is 6.05. The summed E-state index contributed by atoms with van der Waals surface area (Å²) in [6, 6.07) is 45.3. The van der Waals surface area contributed by atoms with E-state index in [1.54, 1.807) is 0 Å². The molecule has 0 N–H and O–H groups in total. The Morgan fingerprint density at radius 1 is 0.717 bits per heavy atom. The number of hydrogen-bond acceptors (Lipinski definition) is 4. The Morgan fingerprint density at radius 3 is 2.04 bits per heavy atom. The molecule has 8 rings (SSSR count). The fourth-order valence-corrected chi connectivity index (χ4v) is 7.97. The number of benzene rings is 6. The first-order valence-corrected chi connectivity index (χ1v) is 19.3. The van der Waals surface area contributed by atoms with Crippen molar-refractivity contribution in [1.82, 2.24) is 0 Å². The van der Waals surface area contributed by atoms with E-state index in [0.717, 1.165) is 58.1 Å². The maximum absolute atomic E-state index is 13.5. The number of nitrogens with zero attached hydrogens (tertiary/aromatic N) is 1. The second kappa shape index (κ2) is 15.2. The van der Waals surface area contributed by atoms with Gasteiger partial charge in [-0.25, -0.2) is 4.79 Å². The van der Waals surface area contributed by atoms with Gasteiger partial charge in [-0.2, -0.15) is 0 Å². The molecule has 6 aromatic carbocycles. The van der Waals surface area contributed by atoms with Crippen molar-refractivity contribution in [2.24, 2.45) is 0 Å². The molecule has 0 spiro atoms. The molecule has 0 aliphatic carbocycles. The van der Waals surface area contributed by atoms with Gasteiger partial charge in [-0.3, -0.25) is 0 Å². The topological polar surface area (TPSA) is 38.8 Å². The molecule has 1 saturated heterocycles. The second-order valence-corrected chi connectivity index (χ2v) is 14.3. The third-order valence-corrected chi connectivity index (χ3v) is 10.9. The third-order valence-electron chi connectivity index (χ3n) is 10.9. The van der Waals surface area contributed by atoms with Gasteiger partial charge in [-0.1, -0.05) is 123 Å². The molecule has 0 radical (unpaired) electrons. The standard InChI is InChI=1S/C49H47NO3/c1-3-5-7-12-35-15-17-36(18-16-35)37-19-21-38(22-20-37)39-23-28-44-40(33-39)34-46(48(51)52-4-2)45-29-30-49(53-47(44)45,41-13-8-6-9-14-41)42-24-26-43(27-25-42)50-31-10-11-32-50/h6,8-9,13-30,33-34H,3-5,7,10-12,31-32H2,1-2H3. The van der Waals surface area contributed by atoms with Crippen molar-refractivity contribution in [2.75, 3.05) is 24.6 Å². The van der Waals surface area contributed by atoms with E-state index in [-0.39, 0.29) is 5.97 Å². The van der Waals surface area contributed by atoms with Crippen molar-refractivity contribution in [3.05, 3.63) is 161 Å². The van der Waals surface area contributed by atoms with Crippen molar-refractivity contribution in [3.63, 3.8) is 0 Å². The Bertz CT molecular complexity index is 2230. The van der Waals surface area contributed by atoms with E-state index >= 15 is 0 Å². The lowest BCUT2D eigenvalue weighted by Crippen LogP contribution is -2.34. The van der Waals surface area contributed by atoms with Gasteiger partial charge in [0, 0.05) is 40.9 Å². The number of hydrogen-bond donors (Lipinski definition) is 0. The molecule has 2 aliphatic heterocycles. The molecule has 1 unspecified atom stereocenters. The smallest absolute Gasteiger partial charge is 0.338 e. The first-order chi connectivity index (χ1) is 26.1. The lowest BCUT2D eigenvalue weighted by atomic mass is 9.82. The summed E-state index contributed by atoms with van der Waals surface area (Å²) < 4.78 is 12.9. The molecule has 0 aromatic heterocycles. The van der Waals surface area contributed by atoms with E-state index in [0.29, 0.717) is 17.9 Å². The predicted octanol–water partition coefficient (Wildman–Crippen LogP) is 12.0. The normalized spacial score (nSPS) is 16.4. The van der Waals surface area contributed by atoms with Crippen molar-refractivity contribution < 1.29 is 14.3 Å². The van der Waals surface area contributed by atoms with Crippen LogP contribution in [0.25, 0.3) is 39.1 Å². The fraction of sp³-hybridized carbons (Fsp3) is 0.245. The minimum absolute atomic E-state index is 0.293. The number of rotatable bonds is 11. The van der Waals surface area contributed by atoms with Crippen LogP contribution in [0, 0.1) is 0 Å². The Hall–Kier alpha value is -5.61. The summed E-state index contributed by atoms with van der Waals surface area (Å²) >= 11 is 0. The highest BCUT2D eigenvalue weighted by Gasteiger charge is 2.39. The largest absolute Gasteiger partial charge is 0.472 e. The zero-order valence-electron chi connectivity index (χ0n) is 30.8. The number of aryl methyl sites for hydroxylation is 1. The first kappa shape index (κ1) is 34.5. The van der Waals surface area contributed by atoms with E-state index in [2.05, 4.69) is 139 Å². The molecule has 53 heavy (non-hydrogen) atoms. The van der Waals surface area contributed by atoms with Crippen molar-refractivity contribution in [3.8, 4) is 28.0 Å². The quantitative estimate of drug-likeness (QED) is 0.0998. The van der Waals surface area contributed by atoms with Gasteiger partial charge in [0.15, 0.2) is 5.60 Å². The molecule has 266 valence electrons. The number of ether oxygens (including phenoxy) is 2. The van der Waals surface area contributed by atoms with Gasteiger partial charge in [0.25, 0.3) is 0 Å². The molecule has 6 aromatic rings. The van der Waals surface area contributed by atoms with Gasteiger partial charge < -0.3 is 14.4 Å². The molecule has 4 nitrogen and oxygen atoms in total. The van der Waals surface area contributed by atoms with Crippen LogP contribution < -0.4 is 9.64 Å². The average Bonchev–Trinajstić information content (AvgIpc) is 3.77.